The molecule has 0 radical (unpaired) electrons. The van der Waals surface area contributed by atoms with Crippen LogP contribution in [0.25, 0.3) is 0 Å². The molecule has 4 heteroatoms. The Bertz CT molecular complexity index is 557. The molecule has 2 rings (SSSR count). The Labute approximate surface area is 110 Å². The van der Waals surface area contributed by atoms with Crippen LogP contribution in [-0.4, -0.2) is 17.6 Å². The number of carbonyl (C=O) groups is 1. The van der Waals surface area contributed by atoms with Gasteiger partial charge in [0, 0.05) is 12.2 Å². The van der Waals surface area contributed by atoms with Crippen molar-refractivity contribution >= 4 is 11.7 Å². The summed E-state index contributed by atoms with van der Waals surface area (Å²) in [6, 6.07) is 14.9. The highest BCUT2D eigenvalue weighted by Crippen LogP contribution is 2.17. The fraction of sp³-hybridized carbons (Fsp3) is 0.133. The summed E-state index contributed by atoms with van der Waals surface area (Å²) in [6.07, 6.45) is 0. The van der Waals surface area contributed by atoms with Crippen molar-refractivity contribution in [2.24, 2.45) is 0 Å². The first-order valence-corrected chi connectivity index (χ1v) is 5.94. The van der Waals surface area contributed by atoms with Crippen LogP contribution < -0.4 is 5.32 Å². The van der Waals surface area contributed by atoms with E-state index in [1.807, 2.05) is 6.07 Å². The normalized spacial score (nSPS) is 11.8. The first kappa shape index (κ1) is 13.1. The molecule has 0 fully saturated rings. The molecule has 0 aliphatic rings. The van der Waals surface area contributed by atoms with Gasteiger partial charge in [-0.25, -0.2) is 4.39 Å². The number of carboxylic acids is 1. The third kappa shape index (κ3) is 3.55. The number of halogens is 1. The lowest BCUT2D eigenvalue weighted by Gasteiger charge is -2.14. The maximum Gasteiger partial charge on any atom is 0.312 e. The van der Waals surface area contributed by atoms with Crippen molar-refractivity contribution in [1.29, 1.82) is 0 Å². The first-order chi connectivity index (χ1) is 9.16. The Balaban J connectivity index is 2.08. The number of nitrogens with one attached hydrogen (secondary N) is 1. The number of carboxylic acid groups (broad SMARTS) is 1. The van der Waals surface area contributed by atoms with Gasteiger partial charge >= 0.3 is 5.97 Å². The van der Waals surface area contributed by atoms with Gasteiger partial charge in [-0.1, -0.05) is 36.4 Å². The lowest BCUT2D eigenvalue weighted by molar-refractivity contribution is -0.138. The van der Waals surface area contributed by atoms with Crippen LogP contribution in [0.5, 0.6) is 0 Å². The number of anilines is 1. The van der Waals surface area contributed by atoms with Crippen LogP contribution in [-0.2, 0) is 4.79 Å². The average Bonchev–Trinajstić information content (AvgIpc) is 2.40. The van der Waals surface area contributed by atoms with Crippen LogP contribution >= 0.6 is 0 Å². The monoisotopic (exact) mass is 259 g/mol. The molecule has 2 aromatic carbocycles. The molecule has 0 amide bonds. The maximum absolute atomic E-state index is 13.0. The molecule has 3 nitrogen and oxygen atoms in total. The van der Waals surface area contributed by atoms with E-state index in [0.29, 0.717) is 5.69 Å². The molecule has 0 saturated heterocycles. The Morgan fingerprint density at radius 3 is 2.53 bits per heavy atom. The van der Waals surface area contributed by atoms with E-state index in [1.165, 1.54) is 12.1 Å². The summed E-state index contributed by atoms with van der Waals surface area (Å²) >= 11 is 0. The second kappa shape index (κ2) is 6.00. The summed E-state index contributed by atoms with van der Waals surface area (Å²) < 4.78 is 13.0. The molecule has 98 valence electrons. The SMILES string of the molecule is O=C(O)C(CNc1cccc(F)c1)c1ccccc1. The van der Waals surface area contributed by atoms with Crippen molar-refractivity contribution in [2.75, 3.05) is 11.9 Å². The number of rotatable bonds is 5. The Morgan fingerprint density at radius 1 is 1.16 bits per heavy atom. The molecule has 19 heavy (non-hydrogen) atoms. The molecule has 0 aliphatic heterocycles. The van der Waals surface area contributed by atoms with Gasteiger partial charge in [0.05, 0.1) is 5.92 Å². The minimum Gasteiger partial charge on any atom is -0.481 e. The molecule has 1 unspecified atom stereocenters. The summed E-state index contributed by atoms with van der Waals surface area (Å²) in [5.74, 6) is -1.92. The lowest BCUT2D eigenvalue weighted by atomic mass is 9.99. The standard InChI is InChI=1S/C15H14FNO2/c16-12-7-4-8-13(9-12)17-10-14(15(18)19)11-5-2-1-3-6-11/h1-9,14,17H,10H2,(H,18,19). The van der Waals surface area contributed by atoms with Gasteiger partial charge < -0.3 is 10.4 Å². The number of hydrogen-bond acceptors (Lipinski definition) is 2. The fourth-order valence-electron chi connectivity index (χ4n) is 1.85. The van der Waals surface area contributed by atoms with E-state index < -0.39 is 11.9 Å². The van der Waals surface area contributed by atoms with Gasteiger partial charge in [-0.2, -0.15) is 0 Å². The van der Waals surface area contributed by atoms with E-state index in [2.05, 4.69) is 5.32 Å². The van der Waals surface area contributed by atoms with Gasteiger partial charge in [-0.15, -0.1) is 0 Å². The van der Waals surface area contributed by atoms with Crippen LogP contribution in [0, 0.1) is 5.82 Å². The number of hydrogen-bond donors (Lipinski definition) is 2. The zero-order valence-corrected chi connectivity index (χ0v) is 10.2. The van der Waals surface area contributed by atoms with E-state index in [9.17, 15) is 14.3 Å². The first-order valence-electron chi connectivity index (χ1n) is 5.94. The van der Waals surface area contributed by atoms with E-state index in [1.54, 1.807) is 36.4 Å². The van der Waals surface area contributed by atoms with Crippen molar-refractivity contribution in [1.82, 2.24) is 0 Å². The zero-order chi connectivity index (χ0) is 13.7. The van der Waals surface area contributed by atoms with Crippen molar-refractivity contribution in [3.63, 3.8) is 0 Å². The molecule has 0 spiro atoms. The minimum atomic E-state index is -0.907. The van der Waals surface area contributed by atoms with Gasteiger partial charge in [0.2, 0.25) is 0 Å². The highest BCUT2D eigenvalue weighted by atomic mass is 19.1. The highest BCUT2D eigenvalue weighted by molar-refractivity contribution is 5.77. The summed E-state index contributed by atoms with van der Waals surface area (Å²) in [5.41, 5.74) is 1.29. The van der Waals surface area contributed by atoms with E-state index >= 15 is 0 Å². The fourth-order valence-corrected chi connectivity index (χ4v) is 1.85. The van der Waals surface area contributed by atoms with Crippen molar-refractivity contribution < 1.29 is 14.3 Å². The summed E-state index contributed by atoms with van der Waals surface area (Å²) in [5, 5.41) is 12.2. The van der Waals surface area contributed by atoms with Crippen molar-refractivity contribution in [2.45, 2.75) is 5.92 Å². The number of aliphatic carboxylic acids is 1. The topological polar surface area (TPSA) is 49.3 Å². The highest BCUT2D eigenvalue weighted by Gasteiger charge is 2.19. The lowest BCUT2D eigenvalue weighted by Crippen LogP contribution is -2.20. The van der Waals surface area contributed by atoms with E-state index in [0.717, 1.165) is 5.56 Å². The van der Waals surface area contributed by atoms with E-state index in [4.69, 9.17) is 0 Å². The third-order valence-electron chi connectivity index (χ3n) is 2.83. The molecule has 0 aliphatic carbocycles. The van der Waals surface area contributed by atoms with Crippen LogP contribution in [0.2, 0.25) is 0 Å². The van der Waals surface area contributed by atoms with Gasteiger partial charge in [0.15, 0.2) is 0 Å². The molecule has 2 aromatic rings. The average molecular weight is 259 g/mol. The van der Waals surface area contributed by atoms with Gasteiger partial charge in [-0.05, 0) is 23.8 Å². The molecule has 0 bridgehead atoms. The van der Waals surface area contributed by atoms with Crippen molar-refractivity contribution in [3.8, 4) is 0 Å². The van der Waals surface area contributed by atoms with Crippen molar-refractivity contribution in [3.05, 3.63) is 66.0 Å². The minimum absolute atomic E-state index is 0.211. The third-order valence-corrected chi connectivity index (χ3v) is 2.83. The number of benzene rings is 2. The van der Waals surface area contributed by atoms with Gasteiger partial charge in [0.1, 0.15) is 5.82 Å². The molecule has 2 N–H and O–H groups in total. The molecule has 0 aromatic heterocycles. The summed E-state index contributed by atoms with van der Waals surface area (Å²) in [6.45, 7) is 0.211. The molecular weight excluding hydrogens is 245 g/mol. The molecular formula is C15H14FNO2. The zero-order valence-electron chi connectivity index (χ0n) is 10.2. The largest absolute Gasteiger partial charge is 0.481 e. The van der Waals surface area contributed by atoms with Crippen LogP contribution in [0.1, 0.15) is 11.5 Å². The maximum atomic E-state index is 13.0. The predicted molar refractivity (Wildman–Crippen MR) is 71.7 cm³/mol. The Hall–Kier alpha value is -2.36. The van der Waals surface area contributed by atoms with Crippen LogP contribution in [0.15, 0.2) is 54.6 Å². The predicted octanol–water partition coefficient (Wildman–Crippen LogP) is 3.11. The quantitative estimate of drug-likeness (QED) is 0.867. The Kier molecular flexibility index (Phi) is 4.13. The second-order valence-electron chi connectivity index (χ2n) is 4.19. The summed E-state index contributed by atoms with van der Waals surface area (Å²) in [7, 11) is 0. The second-order valence-corrected chi connectivity index (χ2v) is 4.19. The van der Waals surface area contributed by atoms with Gasteiger partial charge in [0.25, 0.3) is 0 Å². The Morgan fingerprint density at radius 2 is 1.89 bits per heavy atom. The molecule has 0 saturated carbocycles. The van der Waals surface area contributed by atoms with Gasteiger partial charge in [-0.3, -0.25) is 4.79 Å². The summed E-state index contributed by atoms with van der Waals surface area (Å²) in [4.78, 5) is 11.3. The van der Waals surface area contributed by atoms with Crippen LogP contribution in [0.3, 0.4) is 0 Å². The van der Waals surface area contributed by atoms with Crippen LogP contribution in [0.4, 0.5) is 10.1 Å². The smallest absolute Gasteiger partial charge is 0.312 e. The molecule has 1 atom stereocenters. The van der Waals surface area contributed by atoms with E-state index in [-0.39, 0.29) is 12.4 Å². The molecule has 0 heterocycles.